The van der Waals surface area contributed by atoms with Crippen molar-refractivity contribution in [2.45, 2.75) is 0 Å². The first-order valence-corrected chi connectivity index (χ1v) is 9.80. The minimum atomic E-state index is -0.550. The van der Waals surface area contributed by atoms with Crippen LogP contribution in [0.5, 0.6) is 0 Å². The number of hydrogen-bond acceptors (Lipinski definition) is 3. The Balaban J connectivity index is 1.83. The number of rotatable bonds is 4. The van der Waals surface area contributed by atoms with Crippen molar-refractivity contribution in [2.24, 2.45) is 0 Å². The van der Waals surface area contributed by atoms with Gasteiger partial charge < -0.3 is 9.88 Å². The van der Waals surface area contributed by atoms with E-state index in [0.717, 1.165) is 0 Å². The van der Waals surface area contributed by atoms with Gasteiger partial charge in [0, 0.05) is 23.1 Å². The predicted octanol–water partition coefficient (Wildman–Crippen LogP) is 5.75. The maximum absolute atomic E-state index is 13.0. The Hall–Kier alpha value is -3.24. The topological polar surface area (TPSA) is 75.6 Å². The quantitative estimate of drug-likeness (QED) is 0.425. The number of nitrogens with one attached hydrogen (secondary N) is 1. The standard InChI is InChI=1S/C21H12Cl3N5O/c22-13-3-6-15(7-4-13)29-21(28-9-1-2-10-28)16(12-25)19(27-29)20(30)26-14-5-8-17(23)18(24)11-14/h1-11H,(H,26,30). The largest absolute Gasteiger partial charge is 0.321 e. The molecule has 0 spiro atoms. The molecular formula is C21H12Cl3N5O. The second-order valence-corrected chi connectivity index (χ2v) is 7.47. The lowest BCUT2D eigenvalue weighted by atomic mass is 10.2. The Morgan fingerprint density at radius 2 is 1.70 bits per heavy atom. The number of nitrogens with zero attached hydrogens (tertiary/aromatic N) is 4. The molecule has 0 fully saturated rings. The summed E-state index contributed by atoms with van der Waals surface area (Å²) in [6.07, 6.45) is 3.54. The van der Waals surface area contributed by atoms with Crippen LogP contribution in [-0.2, 0) is 0 Å². The monoisotopic (exact) mass is 455 g/mol. The van der Waals surface area contributed by atoms with E-state index in [-0.39, 0.29) is 11.3 Å². The summed E-state index contributed by atoms with van der Waals surface area (Å²) >= 11 is 17.9. The zero-order valence-electron chi connectivity index (χ0n) is 15.2. The molecule has 0 radical (unpaired) electrons. The smallest absolute Gasteiger partial charge is 0.277 e. The van der Waals surface area contributed by atoms with E-state index in [1.807, 2.05) is 12.1 Å². The second kappa shape index (κ2) is 8.25. The molecule has 30 heavy (non-hydrogen) atoms. The Labute approximate surface area is 186 Å². The van der Waals surface area contributed by atoms with Crippen molar-refractivity contribution in [3.05, 3.63) is 93.3 Å². The molecule has 4 rings (SSSR count). The summed E-state index contributed by atoms with van der Waals surface area (Å²) in [5.74, 6) is -0.116. The van der Waals surface area contributed by atoms with Gasteiger partial charge >= 0.3 is 0 Å². The molecule has 1 N–H and O–H groups in total. The van der Waals surface area contributed by atoms with Gasteiger partial charge in [-0.15, -0.1) is 0 Å². The lowest BCUT2D eigenvalue weighted by Crippen LogP contribution is -2.14. The number of halogens is 3. The van der Waals surface area contributed by atoms with E-state index in [1.165, 1.54) is 10.7 Å². The van der Waals surface area contributed by atoms with Crippen molar-refractivity contribution in [3.63, 3.8) is 0 Å². The number of nitriles is 1. The molecule has 2 aromatic heterocycles. The third kappa shape index (κ3) is 3.79. The number of aromatic nitrogens is 3. The summed E-state index contributed by atoms with van der Waals surface area (Å²) in [6.45, 7) is 0. The Kier molecular flexibility index (Phi) is 5.51. The third-order valence-electron chi connectivity index (χ3n) is 4.29. The van der Waals surface area contributed by atoms with Gasteiger partial charge in [-0.3, -0.25) is 4.79 Å². The molecule has 0 atom stereocenters. The van der Waals surface area contributed by atoms with Crippen molar-refractivity contribution < 1.29 is 4.79 Å². The van der Waals surface area contributed by atoms with E-state index < -0.39 is 5.91 Å². The van der Waals surface area contributed by atoms with E-state index in [9.17, 15) is 10.1 Å². The molecule has 1 amide bonds. The SMILES string of the molecule is N#Cc1c(C(=O)Nc2ccc(Cl)c(Cl)c2)nn(-c2ccc(Cl)cc2)c1-n1cccc1. The Morgan fingerprint density at radius 1 is 1.00 bits per heavy atom. The van der Waals surface area contributed by atoms with Gasteiger partial charge in [-0.25, -0.2) is 4.68 Å². The van der Waals surface area contributed by atoms with Crippen LogP contribution in [-0.4, -0.2) is 20.3 Å². The zero-order valence-corrected chi connectivity index (χ0v) is 17.4. The van der Waals surface area contributed by atoms with Crippen LogP contribution in [0.1, 0.15) is 16.1 Å². The highest BCUT2D eigenvalue weighted by atomic mass is 35.5. The lowest BCUT2D eigenvalue weighted by Gasteiger charge is -2.08. The van der Waals surface area contributed by atoms with Gasteiger partial charge in [-0.05, 0) is 54.6 Å². The van der Waals surface area contributed by atoms with E-state index in [1.54, 1.807) is 53.4 Å². The van der Waals surface area contributed by atoms with Crippen molar-refractivity contribution in [1.29, 1.82) is 5.26 Å². The molecule has 0 unspecified atom stereocenters. The normalized spacial score (nSPS) is 10.6. The molecule has 0 saturated carbocycles. The first-order chi connectivity index (χ1) is 14.5. The van der Waals surface area contributed by atoms with Gasteiger partial charge in [0.25, 0.3) is 5.91 Å². The molecule has 6 nitrogen and oxygen atoms in total. The van der Waals surface area contributed by atoms with E-state index in [4.69, 9.17) is 34.8 Å². The van der Waals surface area contributed by atoms with E-state index in [0.29, 0.717) is 32.3 Å². The van der Waals surface area contributed by atoms with Gasteiger partial charge in [-0.2, -0.15) is 10.4 Å². The molecule has 4 aromatic rings. The number of carbonyl (C=O) groups is 1. The molecule has 0 saturated heterocycles. The molecule has 2 heterocycles. The highest BCUT2D eigenvalue weighted by Gasteiger charge is 2.25. The van der Waals surface area contributed by atoms with E-state index >= 15 is 0 Å². The van der Waals surface area contributed by atoms with Crippen LogP contribution >= 0.6 is 34.8 Å². The van der Waals surface area contributed by atoms with Crippen LogP contribution in [0.4, 0.5) is 5.69 Å². The minimum Gasteiger partial charge on any atom is -0.321 e. The van der Waals surface area contributed by atoms with Gasteiger partial charge in [0.1, 0.15) is 11.6 Å². The molecular weight excluding hydrogens is 445 g/mol. The molecule has 9 heteroatoms. The number of hydrogen-bond donors (Lipinski definition) is 1. The Morgan fingerprint density at radius 3 is 2.33 bits per heavy atom. The Bertz CT molecular complexity index is 1270. The van der Waals surface area contributed by atoms with Crippen LogP contribution < -0.4 is 5.32 Å². The first kappa shape index (κ1) is 20.0. The number of carbonyl (C=O) groups excluding carboxylic acids is 1. The number of anilines is 1. The minimum absolute atomic E-state index is 0.0257. The first-order valence-electron chi connectivity index (χ1n) is 8.66. The average molecular weight is 457 g/mol. The van der Waals surface area contributed by atoms with Gasteiger partial charge in [-0.1, -0.05) is 34.8 Å². The van der Waals surface area contributed by atoms with Crippen LogP contribution in [0, 0.1) is 11.3 Å². The molecule has 0 bridgehead atoms. The third-order valence-corrected chi connectivity index (χ3v) is 5.28. The summed E-state index contributed by atoms with van der Waals surface area (Å²) in [4.78, 5) is 13.0. The van der Waals surface area contributed by atoms with Gasteiger partial charge in [0.05, 0.1) is 15.7 Å². The summed E-state index contributed by atoms with van der Waals surface area (Å²) in [6, 6.07) is 17.4. The van der Waals surface area contributed by atoms with Crippen molar-refractivity contribution >= 4 is 46.4 Å². The average Bonchev–Trinajstić information content (AvgIpc) is 3.38. The predicted molar refractivity (Wildman–Crippen MR) is 117 cm³/mol. The highest BCUT2D eigenvalue weighted by molar-refractivity contribution is 6.42. The highest BCUT2D eigenvalue weighted by Crippen LogP contribution is 2.27. The van der Waals surface area contributed by atoms with Crippen molar-refractivity contribution in [1.82, 2.24) is 14.3 Å². The lowest BCUT2D eigenvalue weighted by molar-refractivity contribution is 0.102. The van der Waals surface area contributed by atoms with Crippen molar-refractivity contribution in [3.8, 4) is 17.6 Å². The van der Waals surface area contributed by atoms with Gasteiger partial charge in [0.15, 0.2) is 11.5 Å². The summed E-state index contributed by atoms with van der Waals surface area (Å²) in [5.41, 5.74) is 1.18. The molecule has 0 aliphatic rings. The molecule has 148 valence electrons. The summed E-state index contributed by atoms with van der Waals surface area (Å²) < 4.78 is 3.24. The summed E-state index contributed by atoms with van der Waals surface area (Å²) in [5, 5.41) is 18.2. The number of benzene rings is 2. The van der Waals surface area contributed by atoms with Gasteiger partial charge in [0.2, 0.25) is 0 Å². The van der Waals surface area contributed by atoms with Crippen molar-refractivity contribution in [2.75, 3.05) is 5.32 Å². The maximum Gasteiger partial charge on any atom is 0.277 e. The second-order valence-electron chi connectivity index (χ2n) is 6.22. The number of amides is 1. The van der Waals surface area contributed by atoms with Crippen LogP contribution in [0.3, 0.4) is 0 Å². The maximum atomic E-state index is 13.0. The molecule has 0 aliphatic carbocycles. The fourth-order valence-electron chi connectivity index (χ4n) is 2.91. The molecule has 2 aromatic carbocycles. The van der Waals surface area contributed by atoms with Crippen LogP contribution in [0.2, 0.25) is 15.1 Å². The molecule has 0 aliphatic heterocycles. The van der Waals surface area contributed by atoms with Crippen LogP contribution in [0.25, 0.3) is 11.5 Å². The summed E-state index contributed by atoms with van der Waals surface area (Å²) in [7, 11) is 0. The van der Waals surface area contributed by atoms with E-state index in [2.05, 4.69) is 16.5 Å². The fourth-order valence-corrected chi connectivity index (χ4v) is 3.34. The fraction of sp³-hybridized carbons (Fsp3) is 0. The zero-order chi connectivity index (χ0) is 21.3. The van der Waals surface area contributed by atoms with Crippen LogP contribution in [0.15, 0.2) is 67.0 Å².